The molecule has 9 nitrogen and oxygen atoms in total. The Morgan fingerprint density at radius 3 is 2.63 bits per heavy atom. The van der Waals surface area contributed by atoms with Crippen LogP contribution in [0.25, 0.3) is 11.3 Å². The average Bonchev–Trinajstić information content (AvgIpc) is 3.39. The first-order valence-corrected chi connectivity index (χ1v) is 12.5. The standard InChI is InChI=1S/C29H28N4O5/c1-3-33-27-23(29(36)32(2)24-5-4-15-30-28(24)33)17-19(18-31-27)14-16-37-21-8-6-20(7-9-21)25-12-10-22(38-25)11-13-26(34)35/h4-10,12,15,17-18H,3,11,13-14,16H2,1-2H3,(H,34,35). The molecule has 1 amide bonds. The molecule has 38 heavy (non-hydrogen) atoms. The highest BCUT2D eigenvalue weighted by atomic mass is 16.5. The molecule has 194 valence electrons. The lowest BCUT2D eigenvalue weighted by Crippen LogP contribution is -2.25. The van der Waals surface area contributed by atoms with Crippen molar-refractivity contribution in [3.63, 3.8) is 0 Å². The predicted octanol–water partition coefficient (Wildman–Crippen LogP) is 5.12. The highest BCUT2D eigenvalue weighted by Gasteiger charge is 2.30. The van der Waals surface area contributed by atoms with E-state index in [1.54, 1.807) is 30.4 Å². The fraction of sp³-hybridized carbons (Fsp3) is 0.241. The quantitative estimate of drug-likeness (QED) is 0.329. The molecular formula is C29H28N4O5. The van der Waals surface area contributed by atoms with Gasteiger partial charge in [0.1, 0.15) is 23.1 Å². The van der Waals surface area contributed by atoms with Crippen molar-refractivity contribution in [2.45, 2.75) is 26.2 Å². The van der Waals surface area contributed by atoms with Crippen LogP contribution in [0.2, 0.25) is 0 Å². The summed E-state index contributed by atoms with van der Waals surface area (Å²) < 4.78 is 11.7. The van der Waals surface area contributed by atoms with Crippen LogP contribution in [0.15, 0.2) is 71.4 Å². The van der Waals surface area contributed by atoms with Gasteiger partial charge in [0.2, 0.25) is 0 Å². The number of fused-ring (bicyclic) bond motifs is 2. The molecule has 0 atom stereocenters. The van der Waals surface area contributed by atoms with Gasteiger partial charge in [0.15, 0.2) is 5.82 Å². The van der Waals surface area contributed by atoms with Crippen LogP contribution < -0.4 is 14.5 Å². The van der Waals surface area contributed by atoms with Crippen molar-refractivity contribution in [2.75, 3.05) is 30.0 Å². The van der Waals surface area contributed by atoms with Crippen molar-refractivity contribution in [2.24, 2.45) is 0 Å². The summed E-state index contributed by atoms with van der Waals surface area (Å²) in [6.07, 6.45) is 4.48. The summed E-state index contributed by atoms with van der Waals surface area (Å²) in [5.74, 6) is 2.37. The number of hydrogen-bond donors (Lipinski definition) is 1. The molecule has 4 heterocycles. The van der Waals surface area contributed by atoms with E-state index >= 15 is 0 Å². The molecule has 1 aliphatic heterocycles. The number of ether oxygens (including phenoxy) is 1. The van der Waals surface area contributed by atoms with Crippen molar-refractivity contribution in [1.82, 2.24) is 9.97 Å². The van der Waals surface area contributed by atoms with E-state index in [0.717, 1.165) is 16.8 Å². The van der Waals surface area contributed by atoms with Crippen LogP contribution in [0.3, 0.4) is 0 Å². The molecule has 1 aliphatic rings. The van der Waals surface area contributed by atoms with Gasteiger partial charge < -0.3 is 24.1 Å². The normalized spacial score (nSPS) is 12.6. The molecule has 0 radical (unpaired) electrons. The number of carbonyl (C=O) groups excluding carboxylic acids is 1. The van der Waals surface area contributed by atoms with E-state index in [2.05, 4.69) is 9.97 Å². The summed E-state index contributed by atoms with van der Waals surface area (Å²) in [6, 6.07) is 16.8. The SMILES string of the molecule is CCN1c2ncc(CCOc3ccc(-c4ccc(CCC(=O)O)o4)cc3)cc2C(=O)N(C)c2cccnc21. The highest BCUT2D eigenvalue weighted by Crippen LogP contribution is 2.37. The summed E-state index contributed by atoms with van der Waals surface area (Å²) in [6.45, 7) is 3.06. The summed E-state index contributed by atoms with van der Waals surface area (Å²) in [5, 5.41) is 8.83. The van der Waals surface area contributed by atoms with Gasteiger partial charge in [-0.1, -0.05) is 0 Å². The number of anilines is 3. The van der Waals surface area contributed by atoms with Gasteiger partial charge in [-0.05, 0) is 67.1 Å². The Labute approximate surface area is 220 Å². The van der Waals surface area contributed by atoms with Gasteiger partial charge in [-0.2, -0.15) is 0 Å². The summed E-state index contributed by atoms with van der Waals surface area (Å²) in [5.41, 5.74) is 3.07. The predicted molar refractivity (Wildman–Crippen MR) is 143 cm³/mol. The summed E-state index contributed by atoms with van der Waals surface area (Å²) in [7, 11) is 1.75. The zero-order valence-corrected chi connectivity index (χ0v) is 21.3. The van der Waals surface area contributed by atoms with Gasteiger partial charge in [0.25, 0.3) is 5.91 Å². The lowest BCUT2D eigenvalue weighted by molar-refractivity contribution is -0.137. The Hall–Kier alpha value is -4.66. The number of aliphatic carboxylic acids is 1. The number of furan rings is 1. The fourth-order valence-corrected chi connectivity index (χ4v) is 4.46. The molecule has 0 spiro atoms. The topological polar surface area (TPSA) is 109 Å². The van der Waals surface area contributed by atoms with Crippen molar-refractivity contribution in [3.8, 4) is 17.1 Å². The number of hydrogen-bond acceptors (Lipinski definition) is 7. The van der Waals surface area contributed by atoms with Gasteiger partial charge >= 0.3 is 5.97 Å². The van der Waals surface area contributed by atoms with E-state index in [9.17, 15) is 9.59 Å². The summed E-state index contributed by atoms with van der Waals surface area (Å²) >= 11 is 0. The van der Waals surface area contributed by atoms with Crippen LogP contribution in [0.5, 0.6) is 5.75 Å². The minimum absolute atomic E-state index is 0.0338. The number of aryl methyl sites for hydroxylation is 1. The Balaban J connectivity index is 1.24. The number of aromatic nitrogens is 2. The van der Waals surface area contributed by atoms with Gasteiger partial charge in [0, 0.05) is 44.4 Å². The maximum atomic E-state index is 13.3. The van der Waals surface area contributed by atoms with Crippen molar-refractivity contribution in [1.29, 1.82) is 0 Å². The second-order valence-electron chi connectivity index (χ2n) is 8.95. The minimum Gasteiger partial charge on any atom is -0.493 e. The molecule has 0 saturated carbocycles. The Kier molecular flexibility index (Phi) is 7.08. The summed E-state index contributed by atoms with van der Waals surface area (Å²) in [4.78, 5) is 36.8. The lowest BCUT2D eigenvalue weighted by Gasteiger charge is -2.22. The molecule has 1 aromatic carbocycles. The smallest absolute Gasteiger partial charge is 0.303 e. The van der Waals surface area contributed by atoms with Crippen LogP contribution in [0, 0.1) is 0 Å². The van der Waals surface area contributed by atoms with Crippen LogP contribution in [0.1, 0.15) is 35.0 Å². The third-order valence-corrected chi connectivity index (χ3v) is 6.46. The third-order valence-electron chi connectivity index (χ3n) is 6.46. The van der Waals surface area contributed by atoms with Crippen LogP contribution in [-0.2, 0) is 17.6 Å². The Morgan fingerprint density at radius 2 is 1.87 bits per heavy atom. The van der Waals surface area contributed by atoms with Gasteiger partial charge in [-0.25, -0.2) is 9.97 Å². The van der Waals surface area contributed by atoms with E-state index in [1.165, 1.54) is 0 Å². The molecule has 4 aromatic rings. The molecule has 0 fully saturated rings. The first-order chi connectivity index (χ1) is 18.4. The number of carbonyl (C=O) groups is 2. The number of rotatable bonds is 9. The number of pyridine rings is 2. The molecule has 5 rings (SSSR count). The van der Waals surface area contributed by atoms with Crippen LogP contribution >= 0.6 is 0 Å². The molecule has 1 N–H and O–H groups in total. The minimum atomic E-state index is -0.851. The van der Waals surface area contributed by atoms with Gasteiger partial charge in [0.05, 0.1) is 24.3 Å². The second-order valence-corrected chi connectivity index (χ2v) is 8.95. The van der Waals surface area contributed by atoms with E-state index in [4.69, 9.17) is 14.3 Å². The first-order valence-electron chi connectivity index (χ1n) is 12.5. The second kappa shape index (κ2) is 10.8. The molecule has 0 bridgehead atoms. The number of nitrogens with zero attached hydrogens (tertiary/aromatic N) is 4. The largest absolute Gasteiger partial charge is 0.493 e. The third kappa shape index (κ3) is 5.08. The molecular weight excluding hydrogens is 484 g/mol. The molecule has 0 saturated heterocycles. The highest BCUT2D eigenvalue weighted by molar-refractivity contribution is 6.12. The maximum Gasteiger partial charge on any atom is 0.303 e. The maximum absolute atomic E-state index is 13.3. The number of carboxylic acids is 1. The molecule has 0 unspecified atom stereocenters. The average molecular weight is 513 g/mol. The van der Waals surface area contributed by atoms with E-state index in [1.807, 2.05) is 60.4 Å². The molecule has 9 heteroatoms. The van der Waals surface area contributed by atoms with Crippen LogP contribution in [0.4, 0.5) is 17.3 Å². The number of amides is 1. The van der Waals surface area contributed by atoms with Gasteiger partial charge in [-0.15, -0.1) is 0 Å². The Bertz CT molecular complexity index is 1460. The van der Waals surface area contributed by atoms with E-state index < -0.39 is 5.97 Å². The van der Waals surface area contributed by atoms with E-state index in [-0.39, 0.29) is 12.3 Å². The first kappa shape index (κ1) is 25.0. The van der Waals surface area contributed by atoms with Crippen molar-refractivity contribution < 1.29 is 23.8 Å². The number of benzene rings is 1. The van der Waals surface area contributed by atoms with Crippen molar-refractivity contribution >= 4 is 29.2 Å². The lowest BCUT2D eigenvalue weighted by atomic mass is 10.1. The zero-order valence-electron chi connectivity index (χ0n) is 21.3. The van der Waals surface area contributed by atoms with Gasteiger partial charge in [-0.3, -0.25) is 9.59 Å². The van der Waals surface area contributed by atoms with Crippen molar-refractivity contribution in [3.05, 3.63) is 83.9 Å². The number of carboxylic acid groups (broad SMARTS) is 1. The van der Waals surface area contributed by atoms with E-state index in [0.29, 0.717) is 60.5 Å². The molecule has 3 aromatic heterocycles. The Morgan fingerprint density at radius 1 is 1.05 bits per heavy atom. The fourth-order valence-electron chi connectivity index (χ4n) is 4.46. The zero-order chi connectivity index (χ0) is 26.6. The monoisotopic (exact) mass is 512 g/mol. The van der Waals surface area contributed by atoms with Crippen LogP contribution in [-0.4, -0.2) is 47.2 Å². The molecule has 0 aliphatic carbocycles.